The maximum atomic E-state index is 9.47. The topological polar surface area (TPSA) is 57.9 Å². The first kappa shape index (κ1) is 18.3. The van der Waals surface area contributed by atoms with Crippen molar-refractivity contribution >= 4 is 45.8 Å². The van der Waals surface area contributed by atoms with E-state index in [0.29, 0.717) is 26.3 Å². The van der Waals surface area contributed by atoms with Gasteiger partial charge in [-0.25, -0.2) is 4.98 Å². The van der Waals surface area contributed by atoms with Gasteiger partial charge in [0.15, 0.2) is 0 Å². The van der Waals surface area contributed by atoms with Crippen molar-refractivity contribution in [2.75, 3.05) is 12.4 Å². The summed E-state index contributed by atoms with van der Waals surface area (Å²) in [6.45, 7) is 0. The van der Waals surface area contributed by atoms with Crippen LogP contribution in [0.3, 0.4) is 0 Å². The maximum absolute atomic E-state index is 9.47. The van der Waals surface area contributed by atoms with E-state index < -0.39 is 0 Å². The highest BCUT2D eigenvalue weighted by Gasteiger charge is 2.10. The van der Waals surface area contributed by atoms with Gasteiger partial charge in [0.05, 0.1) is 28.5 Å². The normalized spacial score (nSPS) is 11.1. The summed E-state index contributed by atoms with van der Waals surface area (Å²) in [5, 5.41) is 15.8. The van der Waals surface area contributed by atoms with Gasteiger partial charge in [0.25, 0.3) is 0 Å². The van der Waals surface area contributed by atoms with Gasteiger partial charge >= 0.3 is 0 Å². The monoisotopic (exact) mass is 401 g/mol. The first-order chi connectivity index (χ1) is 12.6. The smallest absolute Gasteiger partial charge is 0.136 e. The lowest BCUT2D eigenvalue weighted by molar-refractivity contribution is 0.415. The highest BCUT2D eigenvalue weighted by atomic mass is 35.5. The van der Waals surface area contributed by atoms with Crippen molar-refractivity contribution in [1.82, 2.24) is 4.98 Å². The van der Waals surface area contributed by atoms with Gasteiger partial charge in [0.1, 0.15) is 22.4 Å². The van der Waals surface area contributed by atoms with Crippen LogP contribution in [0.15, 0.2) is 54.0 Å². The lowest BCUT2D eigenvalue weighted by atomic mass is 10.1. The van der Waals surface area contributed by atoms with Gasteiger partial charge in [-0.05, 0) is 24.3 Å². The average Bonchev–Trinajstić information content (AvgIpc) is 3.15. The molecule has 1 N–H and O–H groups in total. The lowest BCUT2D eigenvalue weighted by Gasteiger charge is -2.05. The van der Waals surface area contributed by atoms with Crippen molar-refractivity contribution < 1.29 is 4.74 Å². The van der Waals surface area contributed by atoms with Gasteiger partial charge in [-0.2, -0.15) is 5.26 Å². The van der Waals surface area contributed by atoms with Crippen LogP contribution in [0.4, 0.5) is 5.69 Å². The number of ether oxygens (including phenoxy) is 1. The van der Waals surface area contributed by atoms with Crippen LogP contribution in [0, 0.1) is 11.3 Å². The number of nitrogens with zero attached hydrogens (tertiary/aromatic N) is 2. The second kappa shape index (κ2) is 8.24. The molecule has 0 aliphatic heterocycles. The minimum Gasteiger partial charge on any atom is -0.497 e. The molecular weight excluding hydrogens is 389 g/mol. The van der Waals surface area contributed by atoms with E-state index in [1.165, 1.54) is 11.3 Å². The molecule has 1 aromatic heterocycles. The summed E-state index contributed by atoms with van der Waals surface area (Å²) in [7, 11) is 1.62. The van der Waals surface area contributed by atoms with Crippen LogP contribution in [0.2, 0.25) is 10.0 Å². The molecule has 7 heteroatoms. The number of hydrogen-bond acceptors (Lipinski definition) is 5. The first-order valence-electron chi connectivity index (χ1n) is 7.53. The van der Waals surface area contributed by atoms with Crippen LogP contribution in [0.5, 0.6) is 5.75 Å². The zero-order valence-electron chi connectivity index (χ0n) is 13.7. The molecule has 0 amide bonds. The Balaban J connectivity index is 1.86. The fourth-order valence-corrected chi connectivity index (χ4v) is 3.37. The molecule has 130 valence electrons. The van der Waals surface area contributed by atoms with Crippen molar-refractivity contribution in [3.05, 3.63) is 69.1 Å². The Labute approximate surface area is 165 Å². The highest BCUT2D eigenvalue weighted by Crippen LogP contribution is 2.31. The fraction of sp³-hybridized carbons (Fsp3) is 0.0526. The third kappa shape index (κ3) is 4.00. The van der Waals surface area contributed by atoms with E-state index in [4.69, 9.17) is 27.9 Å². The third-order valence-electron chi connectivity index (χ3n) is 3.54. The second-order valence-electron chi connectivity index (χ2n) is 5.19. The van der Waals surface area contributed by atoms with E-state index in [0.717, 1.165) is 17.0 Å². The molecule has 0 radical (unpaired) electrons. The van der Waals surface area contributed by atoms with Crippen LogP contribution >= 0.6 is 34.5 Å². The van der Waals surface area contributed by atoms with E-state index >= 15 is 0 Å². The van der Waals surface area contributed by atoms with E-state index in [2.05, 4.69) is 16.4 Å². The Morgan fingerprint density at radius 3 is 2.85 bits per heavy atom. The molecule has 1 heterocycles. The van der Waals surface area contributed by atoms with Crippen LogP contribution < -0.4 is 10.1 Å². The molecule has 0 aliphatic rings. The Morgan fingerprint density at radius 2 is 2.08 bits per heavy atom. The lowest BCUT2D eigenvalue weighted by Crippen LogP contribution is -1.92. The summed E-state index contributed by atoms with van der Waals surface area (Å²) in [6, 6.07) is 15.0. The Morgan fingerprint density at radius 1 is 1.27 bits per heavy atom. The molecule has 4 nitrogen and oxygen atoms in total. The molecule has 3 aromatic rings. The number of aromatic nitrogens is 1. The molecule has 0 aliphatic carbocycles. The van der Waals surface area contributed by atoms with Crippen molar-refractivity contribution in [1.29, 1.82) is 5.26 Å². The number of halogens is 2. The number of thiazole rings is 1. The summed E-state index contributed by atoms with van der Waals surface area (Å²) in [5.41, 5.74) is 2.73. The Bertz CT molecular complexity index is 1010. The molecule has 0 saturated heterocycles. The van der Waals surface area contributed by atoms with E-state index in [-0.39, 0.29) is 0 Å². The Kier molecular flexibility index (Phi) is 5.79. The van der Waals surface area contributed by atoms with Crippen molar-refractivity contribution in [2.45, 2.75) is 0 Å². The number of rotatable bonds is 5. The minimum absolute atomic E-state index is 0.402. The summed E-state index contributed by atoms with van der Waals surface area (Å²) < 4.78 is 5.24. The molecule has 2 aromatic carbocycles. The predicted octanol–water partition coefficient (Wildman–Crippen LogP) is 6.10. The molecule has 0 fully saturated rings. The van der Waals surface area contributed by atoms with Crippen molar-refractivity contribution in [3.8, 4) is 23.1 Å². The van der Waals surface area contributed by atoms with Gasteiger partial charge in [-0.3, -0.25) is 0 Å². The average molecular weight is 402 g/mol. The molecule has 0 spiro atoms. The predicted molar refractivity (Wildman–Crippen MR) is 108 cm³/mol. The highest BCUT2D eigenvalue weighted by molar-refractivity contribution is 7.11. The van der Waals surface area contributed by atoms with Gasteiger partial charge in [0.2, 0.25) is 0 Å². The molecular formula is C19H13Cl2N3OS. The van der Waals surface area contributed by atoms with Crippen LogP contribution in [0.1, 0.15) is 5.01 Å². The number of allylic oxidation sites excluding steroid dienone is 1. The van der Waals surface area contributed by atoms with E-state index in [1.807, 2.05) is 29.6 Å². The van der Waals surface area contributed by atoms with Crippen LogP contribution in [-0.4, -0.2) is 12.1 Å². The molecule has 0 atom stereocenters. The van der Waals surface area contributed by atoms with E-state index in [9.17, 15) is 5.26 Å². The number of methoxy groups -OCH3 is 1. The largest absolute Gasteiger partial charge is 0.497 e. The summed E-state index contributed by atoms with van der Waals surface area (Å²) in [5.74, 6) is 0.755. The molecule has 3 rings (SSSR count). The zero-order valence-corrected chi connectivity index (χ0v) is 16.0. The Hall–Kier alpha value is -2.52. The molecule has 0 bridgehead atoms. The first-order valence-corrected chi connectivity index (χ1v) is 9.17. The van der Waals surface area contributed by atoms with Crippen molar-refractivity contribution in [2.24, 2.45) is 0 Å². The van der Waals surface area contributed by atoms with Crippen LogP contribution in [0.25, 0.3) is 16.8 Å². The molecule has 26 heavy (non-hydrogen) atoms. The summed E-state index contributed by atoms with van der Waals surface area (Å²) >= 11 is 13.5. The number of hydrogen-bond donors (Lipinski definition) is 1. The maximum Gasteiger partial charge on any atom is 0.136 e. The standard InChI is InChI=1S/C19H13Cl2N3OS/c1-25-14-5-2-4-12(8-14)17-11-26-19(24-17)13(9-22)10-23-16-7-3-6-15(20)18(16)21/h2-8,10-11,23H,1H3/b13-10+. The minimum atomic E-state index is 0.402. The SMILES string of the molecule is COc1cccc(-c2csc(/C(C#N)=C/Nc3cccc(Cl)c3Cl)n2)c1. The second-order valence-corrected chi connectivity index (χ2v) is 6.83. The van der Waals surface area contributed by atoms with Gasteiger partial charge in [-0.1, -0.05) is 41.4 Å². The van der Waals surface area contributed by atoms with Gasteiger partial charge in [0, 0.05) is 17.1 Å². The number of nitrogens with one attached hydrogen (secondary N) is 1. The van der Waals surface area contributed by atoms with Gasteiger partial charge < -0.3 is 10.1 Å². The summed E-state index contributed by atoms with van der Waals surface area (Å²) in [6.07, 6.45) is 1.58. The molecule has 0 unspecified atom stereocenters. The quantitative estimate of drug-likeness (QED) is 0.524. The number of benzene rings is 2. The fourth-order valence-electron chi connectivity index (χ4n) is 2.22. The zero-order chi connectivity index (χ0) is 18.5. The van der Waals surface area contributed by atoms with Gasteiger partial charge in [-0.15, -0.1) is 11.3 Å². The third-order valence-corrected chi connectivity index (χ3v) is 5.24. The molecule has 0 saturated carbocycles. The van der Waals surface area contributed by atoms with Crippen LogP contribution in [-0.2, 0) is 0 Å². The number of anilines is 1. The number of nitriles is 1. The summed E-state index contributed by atoms with van der Waals surface area (Å²) in [4.78, 5) is 4.55. The van der Waals surface area contributed by atoms with E-state index in [1.54, 1.807) is 31.5 Å². The van der Waals surface area contributed by atoms with Crippen molar-refractivity contribution in [3.63, 3.8) is 0 Å².